The monoisotopic (exact) mass is 275 g/mol. The fraction of sp³-hybridized carbons (Fsp3) is 0.429. The summed E-state index contributed by atoms with van der Waals surface area (Å²) in [7, 11) is 0. The molecule has 2 aliphatic rings. The van der Waals surface area contributed by atoms with Gasteiger partial charge >= 0.3 is 6.09 Å². The molecule has 0 unspecified atom stereocenters. The molecule has 1 aromatic carbocycles. The van der Waals surface area contributed by atoms with Gasteiger partial charge in [0.05, 0.1) is 5.41 Å². The number of hydrogen-bond donors (Lipinski definition) is 3. The predicted molar refractivity (Wildman–Crippen MR) is 72.3 cm³/mol. The van der Waals surface area contributed by atoms with E-state index >= 15 is 0 Å². The van der Waals surface area contributed by atoms with Gasteiger partial charge in [-0.1, -0.05) is 6.07 Å². The van der Waals surface area contributed by atoms with Crippen molar-refractivity contribution < 1.29 is 14.3 Å². The second kappa shape index (κ2) is 4.79. The molecule has 0 atom stereocenters. The molecular weight excluding hydrogens is 258 g/mol. The Hall–Kier alpha value is -2.08. The zero-order chi connectivity index (χ0) is 14.2. The Bertz CT molecular complexity index is 565. The maximum atomic E-state index is 12.4. The highest BCUT2D eigenvalue weighted by molar-refractivity contribution is 5.90. The minimum absolute atomic E-state index is 0.0927. The first-order chi connectivity index (χ1) is 9.62. The fourth-order valence-corrected chi connectivity index (χ4v) is 3.18. The summed E-state index contributed by atoms with van der Waals surface area (Å²) in [5, 5.41) is 6.22. The van der Waals surface area contributed by atoms with Gasteiger partial charge in [-0.3, -0.25) is 4.79 Å². The minimum atomic E-state index is -0.832. The number of ether oxygens (including phenoxy) is 1. The zero-order valence-corrected chi connectivity index (χ0v) is 11.1. The Morgan fingerprint density at radius 3 is 2.75 bits per heavy atom. The maximum absolute atomic E-state index is 12.4. The van der Waals surface area contributed by atoms with Crippen LogP contribution in [-0.2, 0) is 16.8 Å². The highest BCUT2D eigenvalue weighted by Gasteiger charge is 2.44. The number of nitrogens with two attached hydrogens (primary N) is 1. The molecule has 0 saturated carbocycles. The number of carbonyl (C=O) groups excluding carboxylic acids is 2. The van der Waals surface area contributed by atoms with Crippen molar-refractivity contribution in [2.75, 3.05) is 13.1 Å². The quantitative estimate of drug-likeness (QED) is 0.691. The van der Waals surface area contributed by atoms with Gasteiger partial charge in [0.25, 0.3) is 0 Å². The molecule has 6 heteroatoms. The molecule has 106 valence electrons. The summed E-state index contributed by atoms with van der Waals surface area (Å²) >= 11 is 0. The molecule has 0 radical (unpaired) electrons. The average Bonchev–Trinajstić information content (AvgIpc) is 2.44. The van der Waals surface area contributed by atoms with Crippen LogP contribution in [0.2, 0.25) is 0 Å². The smallest absolute Gasteiger partial charge is 0.409 e. The Kier molecular flexibility index (Phi) is 3.10. The summed E-state index contributed by atoms with van der Waals surface area (Å²) in [5.74, 6) is 0.506. The van der Waals surface area contributed by atoms with E-state index in [0.29, 0.717) is 12.3 Å². The molecule has 1 fully saturated rings. The molecule has 3 rings (SSSR count). The molecule has 2 aliphatic heterocycles. The SMILES string of the molecule is NC(=O)Oc1ccc2c(c1)CNC(=O)C21CCNCC1. The summed E-state index contributed by atoms with van der Waals surface area (Å²) in [6.45, 7) is 2.11. The van der Waals surface area contributed by atoms with Crippen molar-refractivity contribution in [3.63, 3.8) is 0 Å². The molecule has 1 aromatic rings. The molecule has 2 heterocycles. The summed E-state index contributed by atoms with van der Waals surface area (Å²) in [6, 6.07) is 5.37. The number of carbonyl (C=O) groups is 2. The highest BCUT2D eigenvalue weighted by Crippen LogP contribution is 2.39. The third-order valence-corrected chi connectivity index (χ3v) is 4.14. The van der Waals surface area contributed by atoms with Crippen LogP contribution in [0, 0.1) is 0 Å². The van der Waals surface area contributed by atoms with Crippen molar-refractivity contribution in [1.29, 1.82) is 0 Å². The van der Waals surface area contributed by atoms with E-state index in [4.69, 9.17) is 10.5 Å². The van der Waals surface area contributed by atoms with Gasteiger partial charge in [0, 0.05) is 6.54 Å². The molecule has 0 bridgehead atoms. The zero-order valence-electron chi connectivity index (χ0n) is 11.1. The van der Waals surface area contributed by atoms with E-state index in [-0.39, 0.29) is 5.91 Å². The third kappa shape index (κ3) is 2.02. The largest absolute Gasteiger partial charge is 0.410 e. The lowest BCUT2D eigenvalue weighted by Crippen LogP contribution is -2.53. The summed E-state index contributed by atoms with van der Waals surface area (Å²) in [5.41, 5.74) is 6.60. The number of benzene rings is 1. The number of fused-ring (bicyclic) bond motifs is 2. The number of piperidine rings is 1. The number of amides is 2. The molecule has 0 aromatic heterocycles. The van der Waals surface area contributed by atoms with Crippen molar-refractivity contribution in [2.24, 2.45) is 5.73 Å². The molecule has 2 amide bonds. The molecular formula is C14H17N3O3. The van der Waals surface area contributed by atoms with Crippen LogP contribution in [0.15, 0.2) is 18.2 Å². The summed E-state index contributed by atoms with van der Waals surface area (Å²) in [4.78, 5) is 23.2. The van der Waals surface area contributed by atoms with Crippen LogP contribution in [0.4, 0.5) is 4.79 Å². The maximum Gasteiger partial charge on any atom is 0.409 e. The second-order valence-electron chi connectivity index (χ2n) is 5.25. The molecule has 1 spiro atoms. The van der Waals surface area contributed by atoms with Crippen molar-refractivity contribution in [3.05, 3.63) is 29.3 Å². The molecule has 4 N–H and O–H groups in total. The molecule has 0 aliphatic carbocycles. The summed E-state index contributed by atoms with van der Waals surface area (Å²) < 4.78 is 4.90. The van der Waals surface area contributed by atoms with E-state index in [1.54, 1.807) is 12.1 Å². The van der Waals surface area contributed by atoms with Crippen molar-refractivity contribution in [3.8, 4) is 5.75 Å². The number of hydrogen-bond acceptors (Lipinski definition) is 4. The Morgan fingerprint density at radius 1 is 1.30 bits per heavy atom. The van der Waals surface area contributed by atoms with E-state index in [0.717, 1.165) is 37.1 Å². The van der Waals surface area contributed by atoms with Gasteiger partial charge < -0.3 is 21.1 Å². The Morgan fingerprint density at radius 2 is 2.05 bits per heavy atom. The van der Waals surface area contributed by atoms with Crippen LogP contribution in [0.25, 0.3) is 0 Å². The van der Waals surface area contributed by atoms with E-state index in [1.165, 1.54) is 0 Å². The molecule has 20 heavy (non-hydrogen) atoms. The van der Waals surface area contributed by atoms with Crippen molar-refractivity contribution >= 4 is 12.0 Å². The van der Waals surface area contributed by atoms with E-state index < -0.39 is 11.5 Å². The van der Waals surface area contributed by atoms with Crippen LogP contribution in [0.1, 0.15) is 24.0 Å². The van der Waals surface area contributed by atoms with Crippen LogP contribution in [-0.4, -0.2) is 25.1 Å². The topological polar surface area (TPSA) is 93.5 Å². The Labute approximate surface area is 116 Å². The number of primary amides is 1. The van der Waals surface area contributed by atoms with Crippen LogP contribution in [0.5, 0.6) is 5.75 Å². The van der Waals surface area contributed by atoms with Crippen molar-refractivity contribution in [1.82, 2.24) is 10.6 Å². The highest BCUT2D eigenvalue weighted by atomic mass is 16.5. The van der Waals surface area contributed by atoms with Gasteiger partial charge in [-0.05, 0) is 49.2 Å². The lowest BCUT2D eigenvalue weighted by Gasteiger charge is -2.41. The third-order valence-electron chi connectivity index (χ3n) is 4.14. The van der Waals surface area contributed by atoms with Gasteiger partial charge in [-0.2, -0.15) is 0 Å². The lowest BCUT2D eigenvalue weighted by molar-refractivity contribution is -0.128. The van der Waals surface area contributed by atoms with Crippen LogP contribution < -0.4 is 21.1 Å². The van der Waals surface area contributed by atoms with Gasteiger partial charge in [0.1, 0.15) is 5.75 Å². The minimum Gasteiger partial charge on any atom is -0.410 e. The van der Waals surface area contributed by atoms with Crippen LogP contribution >= 0.6 is 0 Å². The fourth-order valence-electron chi connectivity index (χ4n) is 3.18. The summed E-state index contributed by atoms with van der Waals surface area (Å²) in [6.07, 6.45) is 0.727. The van der Waals surface area contributed by atoms with Gasteiger partial charge in [-0.15, -0.1) is 0 Å². The van der Waals surface area contributed by atoms with Gasteiger partial charge in [0.15, 0.2) is 0 Å². The van der Waals surface area contributed by atoms with Gasteiger partial charge in [-0.25, -0.2) is 4.79 Å². The first kappa shape index (κ1) is 12.9. The lowest BCUT2D eigenvalue weighted by atomic mass is 9.69. The second-order valence-corrected chi connectivity index (χ2v) is 5.25. The van der Waals surface area contributed by atoms with E-state index in [1.807, 2.05) is 6.07 Å². The standard InChI is InChI=1S/C14H17N3O3/c15-13(19)20-10-1-2-11-9(7-10)8-17-12(18)14(11)3-5-16-6-4-14/h1-2,7,16H,3-6,8H2,(H2,15,19)(H,17,18). The normalized spacial score (nSPS) is 20.1. The predicted octanol–water partition coefficient (Wildman–Crippen LogP) is 0.395. The first-order valence-electron chi connectivity index (χ1n) is 6.71. The molecule has 1 saturated heterocycles. The van der Waals surface area contributed by atoms with Crippen LogP contribution in [0.3, 0.4) is 0 Å². The first-order valence-corrected chi connectivity index (χ1v) is 6.71. The number of nitrogens with one attached hydrogen (secondary N) is 2. The average molecular weight is 275 g/mol. The van der Waals surface area contributed by atoms with Gasteiger partial charge in [0.2, 0.25) is 5.91 Å². The number of rotatable bonds is 1. The van der Waals surface area contributed by atoms with Crippen molar-refractivity contribution in [2.45, 2.75) is 24.8 Å². The Balaban J connectivity index is 2.01. The van der Waals surface area contributed by atoms with E-state index in [2.05, 4.69) is 10.6 Å². The van der Waals surface area contributed by atoms with E-state index in [9.17, 15) is 9.59 Å². The molecule has 6 nitrogen and oxygen atoms in total.